The summed E-state index contributed by atoms with van der Waals surface area (Å²) >= 11 is 0. The van der Waals surface area contributed by atoms with E-state index >= 15 is 0 Å². The second kappa shape index (κ2) is 3.93. The van der Waals surface area contributed by atoms with Crippen LogP contribution in [0.4, 0.5) is 8.78 Å². The molecule has 0 bridgehead atoms. The van der Waals surface area contributed by atoms with Gasteiger partial charge in [-0.2, -0.15) is 0 Å². The highest BCUT2D eigenvalue weighted by Crippen LogP contribution is 2.33. The number of hydrogen-bond acceptors (Lipinski definition) is 1. The maximum absolute atomic E-state index is 13.8. The molecule has 0 atom stereocenters. The van der Waals surface area contributed by atoms with Gasteiger partial charge in [0.2, 0.25) is 0 Å². The Hall–Kier alpha value is -1.90. The van der Waals surface area contributed by atoms with Crippen LogP contribution in [0.2, 0.25) is 0 Å². The van der Waals surface area contributed by atoms with Crippen LogP contribution in [0.15, 0.2) is 36.4 Å². The van der Waals surface area contributed by atoms with E-state index in [0.29, 0.717) is 5.56 Å². The number of rotatable bonds is 1. The summed E-state index contributed by atoms with van der Waals surface area (Å²) < 4.78 is 27.3. The Bertz CT molecular complexity index is 535. The van der Waals surface area contributed by atoms with Gasteiger partial charge in [-0.1, -0.05) is 24.3 Å². The highest BCUT2D eigenvalue weighted by Gasteiger charge is 2.15. The van der Waals surface area contributed by atoms with Crippen LogP contribution in [0, 0.1) is 18.6 Å². The Labute approximate surface area is 92.0 Å². The summed E-state index contributed by atoms with van der Waals surface area (Å²) in [6.07, 6.45) is 0. The largest absolute Gasteiger partial charge is 0.507 e. The molecule has 0 unspecified atom stereocenters. The molecule has 0 aromatic heterocycles. The van der Waals surface area contributed by atoms with Crippen molar-refractivity contribution in [1.29, 1.82) is 0 Å². The van der Waals surface area contributed by atoms with E-state index in [1.807, 2.05) is 0 Å². The third-order valence-corrected chi connectivity index (χ3v) is 2.46. The first-order valence-corrected chi connectivity index (χ1v) is 4.84. The van der Waals surface area contributed by atoms with E-state index in [9.17, 15) is 13.9 Å². The Balaban J connectivity index is 2.74. The number of benzene rings is 2. The molecule has 0 heterocycles. The zero-order valence-electron chi connectivity index (χ0n) is 8.67. The van der Waals surface area contributed by atoms with Crippen molar-refractivity contribution < 1.29 is 13.9 Å². The predicted octanol–water partition coefficient (Wildman–Crippen LogP) is 3.65. The lowest BCUT2D eigenvalue weighted by molar-refractivity contribution is 0.475. The molecule has 0 amide bonds. The lowest BCUT2D eigenvalue weighted by Gasteiger charge is -2.08. The molecule has 2 rings (SSSR count). The first-order valence-electron chi connectivity index (χ1n) is 4.84. The number of phenols is 1. The number of phenolic OH excluding ortho intramolecular Hbond substituents is 1. The zero-order chi connectivity index (χ0) is 11.7. The molecule has 82 valence electrons. The number of para-hydroxylation sites is 1. The summed E-state index contributed by atoms with van der Waals surface area (Å²) in [5.41, 5.74) is 0.332. The fourth-order valence-corrected chi connectivity index (χ4v) is 1.59. The maximum Gasteiger partial charge on any atom is 0.137 e. The van der Waals surface area contributed by atoms with E-state index in [2.05, 4.69) is 0 Å². The molecule has 0 saturated carbocycles. The van der Waals surface area contributed by atoms with Crippen molar-refractivity contribution in [3.8, 4) is 16.9 Å². The van der Waals surface area contributed by atoms with Crippen LogP contribution in [0.1, 0.15) is 5.56 Å². The zero-order valence-corrected chi connectivity index (χ0v) is 8.67. The molecule has 0 radical (unpaired) electrons. The molecule has 0 fully saturated rings. The normalized spacial score (nSPS) is 10.4. The topological polar surface area (TPSA) is 20.2 Å². The minimum Gasteiger partial charge on any atom is -0.507 e. The van der Waals surface area contributed by atoms with E-state index in [4.69, 9.17) is 0 Å². The second-order valence-corrected chi connectivity index (χ2v) is 3.57. The SMILES string of the molecule is Cc1ccc(F)c(-c2ccccc2O)c1F. The molecule has 2 aromatic carbocycles. The van der Waals surface area contributed by atoms with E-state index in [-0.39, 0.29) is 16.9 Å². The second-order valence-electron chi connectivity index (χ2n) is 3.57. The molecule has 3 heteroatoms. The van der Waals surface area contributed by atoms with Crippen molar-refractivity contribution in [3.63, 3.8) is 0 Å². The van der Waals surface area contributed by atoms with Crippen LogP contribution < -0.4 is 0 Å². The van der Waals surface area contributed by atoms with Crippen LogP contribution in [-0.4, -0.2) is 5.11 Å². The summed E-state index contributed by atoms with van der Waals surface area (Å²) in [5, 5.41) is 9.57. The molecule has 16 heavy (non-hydrogen) atoms. The first-order chi connectivity index (χ1) is 7.61. The van der Waals surface area contributed by atoms with Gasteiger partial charge in [0, 0.05) is 5.56 Å². The lowest BCUT2D eigenvalue weighted by atomic mass is 10.0. The van der Waals surface area contributed by atoms with Gasteiger partial charge in [-0.15, -0.1) is 0 Å². The Morgan fingerprint density at radius 1 is 1.00 bits per heavy atom. The molecule has 0 aliphatic heterocycles. The number of hydrogen-bond donors (Lipinski definition) is 1. The first kappa shape index (κ1) is 10.6. The summed E-state index contributed by atoms with van der Waals surface area (Å²) in [4.78, 5) is 0. The fourth-order valence-electron chi connectivity index (χ4n) is 1.59. The van der Waals surface area contributed by atoms with Crippen LogP contribution in [0.25, 0.3) is 11.1 Å². The van der Waals surface area contributed by atoms with Gasteiger partial charge in [0.05, 0.1) is 5.56 Å². The molecule has 2 aromatic rings. The summed E-state index contributed by atoms with van der Waals surface area (Å²) in [6.45, 7) is 1.55. The quantitative estimate of drug-likeness (QED) is 0.777. The van der Waals surface area contributed by atoms with Crippen LogP contribution in [-0.2, 0) is 0 Å². The molecule has 0 saturated heterocycles. The summed E-state index contributed by atoms with van der Waals surface area (Å²) in [7, 11) is 0. The minimum absolute atomic E-state index is 0.133. The Kier molecular flexibility index (Phi) is 2.60. The van der Waals surface area contributed by atoms with Crippen molar-refractivity contribution >= 4 is 0 Å². The molecule has 1 nitrogen and oxygen atoms in total. The summed E-state index contributed by atoms with van der Waals surface area (Å²) in [5.74, 6) is -1.45. The monoisotopic (exact) mass is 220 g/mol. The minimum atomic E-state index is -0.676. The van der Waals surface area contributed by atoms with E-state index in [0.717, 1.165) is 0 Å². The number of aromatic hydroxyl groups is 1. The van der Waals surface area contributed by atoms with Gasteiger partial charge in [0.15, 0.2) is 0 Å². The van der Waals surface area contributed by atoms with Gasteiger partial charge < -0.3 is 5.11 Å². The Morgan fingerprint density at radius 3 is 2.38 bits per heavy atom. The third-order valence-electron chi connectivity index (χ3n) is 2.46. The predicted molar refractivity (Wildman–Crippen MR) is 58.2 cm³/mol. The molecular formula is C13H10F2O. The maximum atomic E-state index is 13.8. The summed E-state index contributed by atoms with van der Waals surface area (Å²) in [6, 6.07) is 8.67. The van der Waals surface area contributed by atoms with Gasteiger partial charge in [0.25, 0.3) is 0 Å². The highest BCUT2D eigenvalue weighted by molar-refractivity contribution is 5.71. The van der Waals surface area contributed by atoms with Crippen molar-refractivity contribution in [2.24, 2.45) is 0 Å². The third kappa shape index (κ3) is 1.65. The van der Waals surface area contributed by atoms with Gasteiger partial charge >= 0.3 is 0 Å². The number of halogens is 2. The van der Waals surface area contributed by atoms with E-state index in [1.54, 1.807) is 19.1 Å². The van der Waals surface area contributed by atoms with Gasteiger partial charge in [-0.3, -0.25) is 0 Å². The van der Waals surface area contributed by atoms with Crippen molar-refractivity contribution in [3.05, 3.63) is 53.6 Å². The molecule has 0 aliphatic rings. The van der Waals surface area contributed by atoms with Crippen LogP contribution >= 0.6 is 0 Å². The molecule has 0 aliphatic carbocycles. The average molecular weight is 220 g/mol. The fraction of sp³-hybridized carbons (Fsp3) is 0.0769. The van der Waals surface area contributed by atoms with Gasteiger partial charge in [0.1, 0.15) is 17.4 Å². The molecule has 0 spiro atoms. The standard InChI is InChI=1S/C13H10F2O/c1-8-6-7-10(14)12(13(8)15)9-4-2-3-5-11(9)16/h2-7,16H,1H3. The van der Waals surface area contributed by atoms with Crippen LogP contribution in [0.3, 0.4) is 0 Å². The lowest BCUT2D eigenvalue weighted by Crippen LogP contribution is -1.93. The van der Waals surface area contributed by atoms with Gasteiger partial charge in [-0.25, -0.2) is 8.78 Å². The van der Waals surface area contributed by atoms with Crippen LogP contribution in [0.5, 0.6) is 5.75 Å². The smallest absolute Gasteiger partial charge is 0.137 e. The van der Waals surface area contributed by atoms with Crippen molar-refractivity contribution in [2.75, 3.05) is 0 Å². The molecular weight excluding hydrogens is 210 g/mol. The molecule has 1 N–H and O–H groups in total. The Morgan fingerprint density at radius 2 is 1.69 bits per heavy atom. The van der Waals surface area contributed by atoms with Crippen molar-refractivity contribution in [2.45, 2.75) is 6.92 Å². The van der Waals surface area contributed by atoms with E-state index < -0.39 is 11.6 Å². The van der Waals surface area contributed by atoms with Gasteiger partial charge in [-0.05, 0) is 24.6 Å². The van der Waals surface area contributed by atoms with E-state index in [1.165, 1.54) is 24.3 Å². The highest BCUT2D eigenvalue weighted by atomic mass is 19.1. The average Bonchev–Trinajstić information content (AvgIpc) is 2.27. The van der Waals surface area contributed by atoms with Crippen molar-refractivity contribution in [1.82, 2.24) is 0 Å². The number of aryl methyl sites for hydroxylation is 1.